The standard InChI is InChI=1S/C25H30N6O/c1-25(2,3)31-21-8-6-5-7-20(21)29-23(31)22-15-19(13-14-30(22)4)28-24(32)27-18-11-9-17(16-26)10-12-18/h5-12,19,22H,13-15H2,1-4H3,(H2,27,28,32)/t19-,22-/m1/s1. The van der Waals surface area contributed by atoms with Gasteiger partial charge in [-0.3, -0.25) is 4.90 Å². The van der Waals surface area contributed by atoms with Crippen LogP contribution in [0.3, 0.4) is 0 Å². The first-order valence-corrected chi connectivity index (χ1v) is 11.0. The van der Waals surface area contributed by atoms with Crippen LogP contribution in [0.2, 0.25) is 0 Å². The Hall–Kier alpha value is -3.37. The average molecular weight is 431 g/mol. The van der Waals surface area contributed by atoms with Crippen LogP contribution in [0, 0.1) is 11.3 Å². The lowest BCUT2D eigenvalue weighted by Gasteiger charge is -2.38. The average Bonchev–Trinajstić information content (AvgIpc) is 3.15. The van der Waals surface area contributed by atoms with Gasteiger partial charge in [-0.15, -0.1) is 0 Å². The van der Waals surface area contributed by atoms with Crippen LogP contribution < -0.4 is 10.6 Å². The quantitative estimate of drug-likeness (QED) is 0.635. The maximum Gasteiger partial charge on any atom is 0.319 e. The molecule has 32 heavy (non-hydrogen) atoms. The summed E-state index contributed by atoms with van der Waals surface area (Å²) in [5.41, 5.74) is 3.26. The summed E-state index contributed by atoms with van der Waals surface area (Å²) in [6.07, 6.45) is 1.67. The Morgan fingerprint density at radius 1 is 1.16 bits per heavy atom. The number of carbonyl (C=O) groups excluding carboxylic acids is 1. The molecule has 2 heterocycles. The van der Waals surface area contributed by atoms with Crippen LogP contribution in [0.15, 0.2) is 48.5 Å². The van der Waals surface area contributed by atoms with E-state index in [-0.39, 0.29) is 23.7 Å². The van der Waals surface area contributed by atoms with E-state index in [9.17, 15) is 4.79 Å². The van der Waals surface area contributed by atoms with Gasteiger partial charge < -0.3 is 15.2 Å². The molecule has 3 aromatic rings. The molecule has 2 atom stereocenters. The molecule has 1 fully saturated rings. The molecule has 2 amide bonds. The molecule has 4 rings (SSSR count). The Morgan fingerprint density at radius 2 is 1.88 bits per heavy atom. The van der Waals surface area contributed by atoms with Crippen LogP contribution in [-0.2, 0) is 5.54 Å². The minimum atomic E-state index is -0.229. The lowest BCUT2D eigenvalue weighted by atomic mass is 9.96. The zero-order chi connectivity index (χ0) is 22.9. The number of imidazole rings is 1. The van der Waals surface area contributed by atoms with Crippen LogP contribution >= 0.6 is 0 Å². The van der Waals surface area contributed by atoms with Gasteiger partial charge in [0.15, 0.2) is 0 Å². The highest BCUT2D eigenvalue weighted by Crippen LogP contribution is 2.35. The number of likely N-dealkylation sites (tertiary alicyclic amines) is 1. The van der Waals surface area contributed by atoms with Gasteiger partial charge in [0.05, 0.1) is 28.7 Å². The van der Waals surface area contributed by atoms with Crippen molar-refractivity contribution in [3.8, 4) is 6.07 Å². The number of nitrogens with zero attached hydrogens (tertiary/aromatic N) is 4. The van der Waals surface area contributed by atoms with Crippen molar-refractivity contribution in [2.75, 3.05) is 18.9 Å². The Kier molecular flexibility index (Phi) is 5.90. The van der Waals surface area contributed by atoms with E-state index < -0.39 is 0 Å². The molecule has 166 valence electrons. The molecule has 2 aromatic carbocycles. The van der Waals surface area contributed by atoms with Crippen molar-refractivity contribution >= 4 is 22.8 Å². The van der Waals surface area contributed by atoms with E-state index >= 15 is 0 Å². The summed E-state index contributed by atoms with van der Waals surface area (Å²) < 4.78 is 2.34. The van der Waals surface area contributed by atoms with Crippen LogP contribution in [0.25, 0.3) is 11.0 Å². The number of fused-ring (bicyclic) bond motifs is 1. The van der Waals surface area contributed by atoms with Gasteiger partial charge in [-0.05, 0) is 77.1 Å². The predicted octanol–water partition coefficient (Wildman–Crippen LogP) is 4.62. The third-order valence-corrected chi connectivity index (χ3v) is 6.03. The summed E-state index contributed by atoms with van der Waals surface area (Å²) in [5.74, 6) is 1.04. The lowest BCUT2D eigenvalue weighted by Crippen LogP contribution is -2.47. The van der Waals surface area contributed by atoms with Gasteiger partial charge in [0.1, 0.15) is 5.82 Å². The van der Waals surface area contributed by atoms with Gasteiger partial charge in [-0.2, -0.15) is 5.26 Å². The first-order valence-electron chi connectivity index (χ1n) is 11.0. The van der Waals surface area contributed by atoms with Crippen LogP contribution in [0.5, 0.6) is 0 Å². The fourth-order valence-electron chi connectivity index (χ4n) is 4.47. The Labute approximate surface area is 189 Å². The molecule has 0 spiro atoms. The highest BCUT2D eigenvalue weighted by atomic mass is 16.2. The zero-order valence-electron chi connectivity index (χ0n) is 19.1. The first kappa shape index (κ1) is 21.8. The monoisotopic (exact) mass is 430 g/mol. The number of anilines is 1. The lowest BCUT2D eigenvalue weighted by molar-refractivity contribution is 0.145. The molecule has 0 aliphatic carbocycles. The summed E-state index contributed by atoms with van der Waals surface area (Å²) in [5, 5.41) is 14.9. The highest BCUT2D eigenvalue weighted by Gasteiger charge is 2.34. The molecule has 0 unspecified atom stereocenters. The van der Waals surface area contributed by atoms with E-state index in [1.54, 1.807) is 24.3 Å². The fraction of sp³-hybridized carbons (Fsp3) is 0.400. The van der Waals surface area contributed by atoms with Crippen molar-refractivity contribution < 1.29 is 4.79 Å². The molecule has 1 saturated heterocycles. The van der Waals surface area contributed by atoms with E-state index in [1.165, 1.54) is 0 Å². The molecule has 7 nitrogen and oxygen atoms in total. The minimum Gasteiger partial charge on any atom is -0.335 e. The van der Waals surface area contributed by atoms with Gasteiger partial charge in [0, 0.05) is 23.8 Å². The first-order chi connectivity index (χ1) is 15.3. The van der Waals surface area contributed by atoms with E-state index in [0.717, 1.165) is 36.2 Å². The summed E-state index contributed by atoms with van der Waals surface area (Å²) in [6.45, 7) is 7.48. The van der Waals surface area contributed by atoms with E-state index in [4.69, 9.17) is 10.2 Å². The van der Waals surface area contributed by atoms with Crippen molar-refractivity contribution in [3.05, 3.63) is 59.9 Å². The fourth-order valence-corrected chi connectivity index (χ4v) is 4.47. The van der Waals surface area contributed by atoms with E-state index in [2.05, 4.69) is 72.2 Å². The number of aromatic nitrogens is 2. The largest absolute Gasteiger partial charge is 0.335 e. The highest BCUT2D eigenvalue weighted by molar-refractivity contribution is 5.89. The second kappa shape index (κ2) is 8.64. The topological polar surface area (TPSA) is 86.0 Å². The van der Waals surface area contributed by atoms with E-state index in [1.807, 2.05) is 6.07 Å². The Balaban J connectivity index is 1.53. The third-order valence-electron chi connectivity index (χ3n) is 6.03. The van der Waals surface area contributed by atoms with Crippen LogP contribution in [0.4, 0.5) is 10.5 Å². The Morgan fingerprint density at radius 3 is 2.56 bits per heavy atom. The van der Waals surface area contributed by atoms with Gasteiger partial charge >= 0.3 is 6.03 Å². The van der Waals surface area contributed by atoms with Crippen molar-refractivity contribution in [1.82, 2.24) is 19.8 Å². The normalized spacial score (nSPS) is 19.5. The molecular formula is C25H30N6O. The smallest absolute Gasteiger partial charge is 0.319 e. The maximum atomic E-state index is 12.6. The van der Waals surface area contributed by atoms with Crippen molar-refractivity contribution in [1.29, 1.82) is 5.26 Å². The van der Waals surface area contributed by atoms with Crippen molar-refractivity contribution in [2.24, 2.45) is 0 Å². The van der Waals surface area contributed by atoms with Crippen LogP contribution in [0.1, 0.15) is 51.0 Å². The molecule has 7 heteroatoms. The molecule has 1 aliphatic rings. The van der Waals surface area contributed by atoms with Crippen molar-refractivity contribution in [3.63, 3.8) is 0 Å². The third kappa shape index (κ3) is 4.46. The number of carbonyl (C=O) groups is 1. The van der Waals surface area contributed by atoms with Gasteiger partial charge in [-0.25, -0.2) is 9.78 Å². The van der Waals surface area contributed by atoms with E-state index in [0.29, 0.717) is 11.3 Å². The number of hydrogen-bond donors (Lipinski definition) is 2. The molecule has 0 radical (unpaired) electrons. The predicted molar refractivity (Wildman–Crippen MR) is 126 cm³/mol. The number of piperidine rings is 1. The number of hydrogen-bond acceptors (Lipinski definition) is 4. The SMILES string of the molecule is CN1CC[C@@H](NC(=O)Nc2ccc(C#N)cc2)C[C@@H]1c1nc2ccccc2n1C(C)(C)C. The molecule has 0 saturated carbocycles. The number of rotatable bonds is 3. The van der Waals surface area contributed by atoms with Gasteiger partial charge in [0.25, 0.3) is 0 Å². The maximum absolute atomic E-state index is 12.6. The van der Waals surface area contributed by atoms with Gasteiger partial charge in [-0.1, -0.05) is 12.1 Å². The molecular weight excluding hydrogens is 400 g/mol. The second-order valence-electron chi connectivity index (χ2n) is 9.47. The number of nitriles is 1. The number of para-hydroxylation sites is 2. The van der Waals surface area contributed by atoms with Crippen molar-refractivity contribution in [2.45, 2.75) is 51.2 Å². The molecule has 2 N–H and O–H groups in total. The number of nitrogens with one attached hydrogen (secondary N) is 2. The Bertz CT molecular complexity index is 1150. The summed E-state index contributed by atoms with van der Waals surface area (Å²) in [4.78, 5) is 20.0. The zero-order valence-corrected chi connectivity index (χ0v) is 19.1. The second-order valence-corrected chi connectivity index (χ2v) is 9.47. The van der Waals surface area contributed by atoms with Crippen LogP contribution in [-0.4, -0.2) is 40.1 Å². The molecule has 1 aliphatic heterocycles. The van der Waals surface area contributed by atoms with Gasteiger partial charge in [0.2, 0.25) is 0 Å². The summed E-state index contributed by atoms with van der Waals surface area (Å²) >= 11 is 0. The number of urea groups is 1. The number of benzene rings is 2. The summed E-state index contributed by atoms with van der Waals surface area (Å²) in [6, 6.07) is 17.1. The molecule has 1 aromatic heterocycles. The minimum absolute atomic E-state index is 0.0443. The molecule has 0 bridgehead atoms. The number of amides is 2. The summed E-state index contributed by atoms with van der Waals surface area (Å²) in [7, 11) is 2.13.